The number of piperidine rings is 1. The SMILES string of the molecule is NCc1c(Cl)cccc1S(=O)(=O)N1CCC[C@H](NC(=O)c2ccccn2)C1. The molecule has 1 saturated heterocycles. The van der Waals surface area contributed by atoms with E-state index >= 15 is 0 Å². The molecular formula is C18H21ClN4O3S. The van der Waals surface area contributed by atoms with Crippen LogP contribution in [0.3, 0.4) is 0 Å². The minimum absolute atomic E-state index is 0.0297. The lowest BCUT2D eigenvalue weighted by atomic mass is 10.1. The molecule has 0 spiro atoms. The van der Waals surface area contributed by atoms with Crippen molar-refractivity contribution >= 4 is 27.5 Å². The predicted octanol–water partition coefficient (Wildman–Crippen LogP) is 1.78. The van der Waals surface area contributed by atoms with Gasteiger partial charge in [-0.15, -0.1) is 0 Å². The van der Waals surface area contributed by atoms with E-state index in [4.69, 9.17) is 17.3 Å². The van der Waals surface area contributed by atoms with Crippen LogP contribution in [0.4, 0.5) is 0 Å². The fraction of sp³-hybridized carbons (Fsp3) is 0.333. The number of pyridine rings is 1. The number of benzene rings is 1. The quantitative estimate of drug-likeness (QED) is 0.784. The van der Waals surface area contributed by atoms with Crippen LogP contribution in [-0.4, -0.2) is 42.7 Å². The van der Waals surface area contributed by atoms with E-state index in [1.165, 1.54) is 10.4 Å². The van der Waals surface area contributed by atoms with Gasteiger partial charge in [-0.3, -0.25) is 9.78 Å². The van der Waals surface area contributed by atoms with Crippen LogP contribution in [0, 0.1) is 0 Å². The normalized spacial score (nSPS) is 18.2. The van der Waals surface area contributed by atoms with Gasteiger partial charge in [-0.05, 0) is 37.1 Å². The number of halogens is 1. The first-order valence-corrected chi connectivity index (χ1v) is 10.4. The van der Waals surface area contributed by atoms with Gasteiger partial charge in [-0.2, -0.15) is 4.31 Å². The Labute approximate surface area is 163 Å². The molecule has 2 aromatic rings. The van der Waals surface area contributed by atoms with Crippen LogP contribution in [-0.2, 0) is 16.6 Å². The van der Waals surface area contributed by atoms with Crippen molar-refractivity contribution in [1.29, 1.82) is 0 Å². The number of nitrogens with one attached hydrogen (secondary N) is 1. The Morgan fingerprint density at radius 2 is 2.11 bits per heavy atom. The Morgan fingerprint density at radius 1 is 1.30 bits per heavy atom. The summed E-state index contributed by atoms with van der Waals surface area (Å²) in [7, 11) is -3.76. The molecule has 0 radical (unpaired) electrons. The second kappa shape index (κ2) is 8.35. The summed E-state index contributed by atoms with van der Waals surface area (Å²) >= 11 is 6.11. The number of rotatable bonds is 5. The van der Waals surface area contributed by atoms with E-state index in [-0.39, 0.29) is 29.9 Å². The molecule has 0 saturated carbocycles. The van der Waals surface area contributed by atoms with Crippen molar-refractivity contribution in [3.63, 3.8) is 0 Å². The minimum Gasteiger partial charge on any atom is -0.347 e. The molecule has 144 valence electrons. The number of hydrogen-bond acceptors (Lipinski definition) is 5. The number of nitrogens with two attached hydrogens (primary N) is 1. The molecule has 1 fully saturated rings. The van der Waals surface area contributed by atoms with E-state index in [2.05, 4.69) is 10.3 Å². The predicted molar refractivity (Wildman–Crippen MR) is 103 cm³/mol. The Morgan fingerprint density at radius 3 is 2.81 bits per heavy atom. The van der Waals surface area contributed by atoms with E-state index in [0.29, 0.717) is 35.7 Å². The zero-order valence-electron chi connectivity index (χ0n) is 14.6. The molecule has 1 aliphatic heterocycles. The molecule has 0 aliphatic carbocycles. The Balaban J connectivity index is 1.78. The van der Waals surface area contributed by atoms with Gasteiger partial charge in [0, 0.05) is 42.5 Å². The number of carbonyl (C=O) groups excluding carboxylic acids is 1. The second-order valence-electron chi connectivity index (χ2n) is 6.31. The van der Waals surface area contributed by atoms with Gasteiger partial charge in [0.25, 0.3) is 5.91 Å². The first-order valence-electron chi connectivity index (χ1n) is 8.63. The fourth-order valence-electron chi connectivity index (χ4n) is 3.15. The Hall–Kier alpha value is -2.00. The molecule has 0 unspecified atom stereocenters. The topological polar surface area (TPSA) is 105 Å². The van der Waals surface area contributed by atoms with E-state index in [9.17, 15) is 13.2 Å². The van der Waals surface area contributed by atoms with Crippen LogP contribution in [0.1, 0.15) is 28.9 Å². The molecule has 1 aromatic heterocycles. The maximum Gasteiger partial charge on any atom is 0.270 e. The molecule has 1 aromatic carbocycles. The molecule has 1 aliphatic rings. The van der Waals surface area contributed by atoms with Crippen molar-refractivity contribution in [2.24, 2.45) is 5.73 Å². The second-order valence-corrected chi connectivity index (χ2v) is 8.62. The zero-order valence-corrected chi connectivity index (χ0v) is 16.2. The number of nitrogens with zero attached hydrogens (tertiary/aromatic N) is 2. The number of amides is 1. The van der Waals surface area contributed by atoms with E-state index < -0.39 is 10.0 Å². The summed E-state index contributed by atoms with van der Waals surface area (Å²) in [5, 5.41) is 3.20. The lowest BCUT2D eigenvalue weighted by Crippen LogP contribution is -2.49. The molecule has 1 atom stereocenters. The van der Waals surface area contributed by atoms with Crippen molar-refractivity contribution in [3.8, 4) is 0 Å². The maximum absolute atomic E-state index is 13.1. The van der Waals surface area contributed by atoms with Gasteiger partial charge in [0.15, 0.2) is 0 Å². The highest BCUT2D eigenvalue weighted by Gasteiger charge is 2.32. The molecule has 2 heterocycles. The first-order chi connectivity index (χ1) is 12.9. The largest absolute Gasteiger partial charge is 0.347 e. The summed E-state index contributed by atoms with van der Waals surface area (Å²) in [4.78, 5) is 16.4. The van der Waals surface area contributed by atoms with Crippen molar-refractivity contribution in [1.82, 2.24) is 14.6 Å². The van der Waals surface area contributed by atoms with Crippen LogP contribution in [0.15, 0.2) is 47.5 Å². The molecule has 7 nitrogen and oxygen atoms in total. The average molecular weight is 409 g/mol. The standard InChI is InChI=1S/C18H21ClN4O3S/c19-15-6-3-8-17(14(15)11-20)27(25,26)23-10-4-5-13(12-23)22-18(24)16-7-1-2-9-21-16/h1-3,6-9,13H,4-5,10-12,20H2,(H,22,24)/t13-/m0/s1. The van der Waals surface area contributed by atoms with E-state index in [1.807, 2.05) is 0 Å². The monoisotopic (exact) mass is 408 g/mol. The van der Waals surface area contributed by atoms with Gasteiger partial charge in [0.1, 0.15) is 5.69 Å². The molecule has 0 bridgehead atoms. The van der Waals surface area contributed by atoms with Gasteiger partial charge in [-0.1, -0.05) is 23.7 Å². The van der Waals surface area contributed by atoms with Crippen LogP contribution in [0.5, 0.6) is 0 Å². The van der Waals surface area contributed by atoms with Crippen LogP contribution in [0.25, 0.3) is 0 Å². The smallest absolute Gasteiger partial charge is 0.270 e. The third-order valence-electron chi connectivity index (χ3n) is 4.51. The lowest BCUT2D eigenvalue weighted by molar-refractivity contribution is 0.0916. The van der Waals surface area contributed by atoms with E-state index in [0.717, 1.165) is 0 Å². The van der Waals surface area contributed by atoms with Gasteiger partial charge in [-0.25, -0.2) is 8.42 Å². The van der Waals surface area contributed by atoms with Gasteiger partial charge in [0.2, 0.25) is 10.0 Å². The van der Waals surface area contributed by atoms with Crippen LogP contribution >= 0.6 is 11.6 Å². The average Bonchev–Trinajstić information content (AvgIpc) is 2.68. The summed E-state index contributed by atoms with van der Waals surface area (Å²) in [5.41, 5.74) is 6.41. The molecular weight excluding hydrogens is 388 g/mol. The van der Waals surface area contributed by atoms with Gasteiger partial charge >= 0.3 is 0 Å². The van der Waals surface area contributed by atoms with Crippen LogP contribution < -0.4 is 11.1 Å². The summed E-state index contributed by atoms with van der Waals surface area (Å²) < 4.78 is 27.6. The number of aromatic nitrogens is 1. The van der Waals surface area contributed by atoms with Crippen molar-refractivity contribution in [2.45, 2.75) is 30.3 Å². The maximum atomic E-state index is 13.1. The van der Waals surface area contributed by atoms with Crippen LogP contribution in [0.2, 0.25) is 5.02 Å². The van der Waals surface area contributed by atoms with E-state index in [1.54, 1.807) is 36.5 Å². The first kappa shape index (κ1) is 19.8. The fourth-order valence-corrected chi connectivity index (χ4v) is 5.24. The third-order valence-corrected chi connectivity index (χ3v) is 6.82. The minimum atomic E-state index is -3.76. The number of carbonyl (C=O) groups is 1. The van der Waals surface area contributed by atoms with Crippen molar-refractivity contribution in [3.05, 3.63) is 58.9 Å². The Kier molecular flexibility index (Phi) is 6.11. The van der Waals surface area contributed by atoms with Crippen molar-refractivity contribution < 1.29 is 13.2 Å². The lowest BCUT2D eigenvalue weighted by Gasteiger charge is -2.32. The number of hydrogen-bond donors (Lipinski definition) is 2. The summed E-state index contributed by atoms with van der Waals surface area (Å²) in [5.74, 6) is -0.315. The zero-order chi connectivity index (χ0) is 19.4. The highest BCUT2D eigenvalue weighted by molar-refractivity contribution is 7.89. The highest BCUT2D eigenvalue weighted by Crippen LogP contribution is 2.28. The van der Waals surface area contributed by atoms with Crippen molar-refractivity contribution in [2.75, 3.05) is 13.1 Å². The molecule has 3 rings (SSSR count). The molecule has 1 amide bonds. The Bertz CT molecular complexity index is 921. The van der Waals surface area contributed by atoms with Gasteiger partial charge in [0.05, 0.1) is 4.90 Å². The summed E-state index contributed by atoms with van der Waals surface area (Å²) in [6, 6.07) is 9.52. The molecule has 9 heteroatoms. The summed E-state index contributed by atoms with van der Waals surface area (Å²) in [6.07, 6.45) is 2.88. The van der Waals surface area contributed by atoms with Gasteiger partial charge < -0.3 is 11.1 Å². The highest BCUT2D eigenvalue weighted by atomic mass is 35.5. The summed E-state index contributed by atoms with van der Waals surface area (Å²) in [6.45, 7) is 0.605. The third kappa shape index (κ3) is 4.30. The molecule has 27 heavy (non-hydrogen) atoms. The number of sulfonamides is 1. The molecule has 3 N–H and O–H groups in total.